The summed E-state index contributed by atoms with van der Waals surface area (Å²) in [6, 6.07) is 15.2. The summed E-state index contributed by atoms with van der Waals surface area (Å²) in [5.74, 6) is 1.16. The van der Waals surface area contributed by atoms with Crippen LogP contribution >= 0.6 is 11.6 Å². The number of hydrogen-bond acceptors (Lipinski definition) is 7. The van der Waals surface area contributed by atoms with Gasteiger partial charge in [0, 0.05) is 34.0 Å². The largest absolute Gasteiger partial charge is 0.493 e. The molecule has 1 aliphatic carbocycles. The summed E-state index contributed by atoms with van der Waals surface area (Å²) in [7, 11) is 3.11. The number of aromatic amines is 1. The third-order valence-electron chi connectivity index (χ3n) is 7.39. The fourth-order valence-corrected chi connectivity index (χ4v) is 5.78. The molecule has 39 heavy (non-hydrogen) atoms. The van der Waals surface area contributed by atoms with E-state index in [1.165, 1.54) is 0 Å². The van der Waals surface area contributed by atoms with Crippen LogP contribution in [-0.4, -0.2) is 30.2 Å². The van der Waals surface area contributed by atoms with Crippen molar-refractivity contribution in [2.45, 2.75) is 39.5 Å². The Bertz CT molecular complexity index is 1580. The number of anilines is 1. The lowest BCUT2D eigenvalue weighted by molar-refractivity contribution is -0.118. The monoisotopic (exact) mass is 543 g/mol. The van der Waals surface area contributed by atoms with Crippen molar-refractivity contribution in [3.05, 3.63) is 81.4 Å². The van der Waals surface area contributed by atoms with Crippen LogP contribution in [0.3, 0.4) is 0 Å². The zero-order valence-corrected chi connectivity index (χ0v) is 23.3. The molecule has 1 aliphatic heterocycles. The lowest BCUT2D eigenvalue weighted by Gasteiger charge is -2.43. The molecule has 0 saturated carbocycles. The average Bonchev–Trinajstić information content (AvgIpc) is 3.27. The minimum atomic E-state index is -0.649. The first-order chi connectivity index (χ1) is 18.6. The van der Waals surface area contributed by atoms with Gasteiger partial charge in [0.2, 0.25) is 0 Å². The molecule has 0 bridgehead atoms. The number of H-pyrrole nitrogens is 1. The van der Waals surface area contributed by atoms with Gasteiger partial charge < -0.3 is 15.2 Å². The molecule has 1 atom stereocenters. The van der Waals surface area contributed by atoms with Crippen LogP contribution in [0.4, 0.5) is 5.82 Å². The number of carbonyl (C=O) groups is 1. The van der Waals surface area contributed by atoms with Crippen LogP contribution in [0.25, 0.3) is 11.1 Å². The third-order valence-corrected chi connectivity index (χ3v) is 7.65. The van der Waals surface area contributed by atoms with Crippen molar-refractivity contribution >= 4 is 23.2 Å². The summed E-state index contributed by atoms with van der Waals surface area (Å²) >= 11 is 6.16. The molecule has 2 aromatic carbocycles. The predicted octanol–water partition coefficient (Wildman–Crippen LogP) is 6.00. The summed E-state index contributed by atoms with van der Waals surface area (Å²) in [5.41, 5.74) is 11.4. The van der Waals surface area contributed by atoms with Gasteiger partial charge >= 0.3 is 0 Å². The lowest BCUT2D eigenvalue weighted by Crippen LogP contribution is -2.42. The van der Waals surface area contributed by atoms with Crippen LogP contribution in [-0.2, 0) is 4.79 Å². The number of rotatable bonds is 5. The van der Waals surface area contributed by atoms with Gasteiger partial charge in [0.05, 0.1) is 31.8 Å². The summed E-state index contributed by atoms with van der Waals surface area (Å²) in [6.07, 6.45) is 0.926. The van der Waals surface area contributed by atoms with Gasteiger partial charge in [0.1, 0.15) is 5.82 Å². The van der Waals surface area contributed by atoms with Crippen molar-refractivity contribution in [2.75, 3.05) is 19.1 Å². The first-order valence-electron chi connectivity index (χ1n) is 12.6. The number of Topliss-reactive ketones (excluding diaryl/α,β-unsaturated/α-hetero) is 1. The summed E-state index contributed by atoms with van der Waals surface area (Å²) in [6.45, 7) is 6.05. The van der Waals surface area contributed by atoms with E-state index in [4.69, 9.17) is 26.8 Å². The molecule has 0 fully saturated rings. The Balaban J connectivity index is 1.78. The molecule has 0 amide bonds. The van der Waals surface area contributed by atoms with Crippen molar-refractivity contribution in [2.24, 2.45) is 11.1 Å². The number of benzene rings is 2. The number of nitrogens with two attached hydrogens (primary N) is 1. The zero-order valence-electron chi connectivity index (χ0n) is 22.6. The number of nitrogens with one attached hydrogen (secondary N) is 1. The first-order valence-corrected chi connectivity index (χ1v) is 13.0. The first kappa shape index (κ1) is 26.4. The number of methoxy groups -OCH3 is 2. The molecule has 0 unspecified atom stereocenters. The van der Waals surface area contributed by atoms with Gasteiger partial charge in [-0.3, -0.25) is 14.8 Å². The highest BCUT2D eigenvalue weighted by Crippen LogP contribution is 2.52. The van der Waals surface area contributed by atoms with Crippen LogP contribution < -0.4 is 20.1 Å². The standard InChI is InChI=1S/C30H30ClN5O3/c1-16-25(17-6-9-19(31)10-7-17)29(35-34-16)36-21-13-30(2,3)14-22(37)27(21)26(20(15-32)28(36)33)18-8-11-23(38-4)24(12-18)39-5/h6-12,26H,13-14,33H2,1-5H3,(H,34,35)/t26-/m1/s1. The van der Waals surface area contributed by atoms with Crippen molar-refractivity contribution in [1.82, 2.24) is 10.2 Å². The Labute approximate surface area is 232 Å². The average molecular weight is 544 g/mol. The van der Waals surface area contributed by atoms with Gasteiger partial charge in [-0.05, 0) is 54.2 Å². The Hall–Kier alpha value is -4.22. The fraction of sp³-hybridized carbons (Fsp3) is 0.300. The quantitative estimate of drug-likeness (QED) is 0.405. The van der Waals surface area contributed by atoms with E-state index in [9.17, 15) is 10.1 Å². The number of allylic oxidation sites excluding steroid dienone is 3. The minimum absolute atomic E-state index is 0.0217. The molecule has 200 valence electrons. The third kappa shape index (κ3) is 4.43. The number of ketones is 1. The number of nitrogens with zero attached hydrogens (tertiary/aromatic N) is 3. The van der Waals surface area contributed by atoms with E-state index >= 15 is 0 Å². The maximum Gasteiger partial charge on any atom is 0.168 e. The molecular weight excluding hydrogens is 514 g/mol. The van der Waals surface area contributed by atoms with Gasteiger partial charge in [-0.2, -0.15) is 10.4 Å². The van der Waals surface area contributed by atoms with Crippen molar-refractivity contribution in [3.63, 3.8) is 0 Å². The minimum Gasteiger partial charge on any atom is -0.493 e. The van der Waals surface area contributed by atoms with Crippen LogP contribution in [0.2, 0.25) is 5.02 Å². The van der Waals surface area contributed by atoms with Crippen LogP contribution in [0.1, 0.15) is 43.9 Å². The Morgan fingerprint density at radius 1 is 1.13 bits per heavy atom. The molecule has 0 radical (unpaired) electrons. The van der Waals surface area contributed by atoms with Gasteiger partial charge in [0.15, 0.2) is 23.1 Å². The Kier molecular flexibility index (Phi) is 6.65. The van der Waals surface area contributed by atoms with E-state index in [1.54, 1.807) is 31.3 Å². The highest BCUT2D eigenvalue weighted by Gasteiger charge is 2.46. The SMILES string of the molecule is COc1ccc([C@@H]2C(C#N)=C(N)N(c3n[nH]c(C)c3-c3ccc(Cl)cc3)C3=C2C(=O)CC(C)(C)C3)cc1OC. The predicted molar refractivity (Wildman–Crippen MR) is 150 cm³/mol. The zero-order chi connectivity index (χ0) is 28.1. The summed E-state index contributed by atoms with van der Waals surface area (Å²) < 4.78 is 10.9. The lowest BCUT2D eigenvalue weighted by atomic mass is 9.68. The van der Waals surface area contributed by atoms with E-state index in [2.05, 4.69) is 30.1 Å². The molecule has 5 rings (SSSR count). The molecule has 8 nitrogen and oxygen atoms in total. The van der Waals surface area contributed by atoms with E-state index < -0.39 is 5.92 Å². The number of nitriles is 1. The molecule has 1 aromatic heterocycles. The molecule has 3 aromatic rings. The second-order valence-corrected chi connectivity index (χ2v) is 11.1. The molecule has 2 aliphatic rings. The molecule has 0 saturated heterocycles. The normalized spacial score (nSPS) is 18.6. The highest BCUT2D eigenvalue weighted by molar-refractivity contribution is 6.30. The maximum atomic E-state index is 13.9. The van der Waals surface area contributed by atoms with Gasteiger partial charge in [-0.25, -0.2) is 0 Å². The molecule has 9 heteroatoms. The van der Waals surface area contributed by atoms with Crippen LogP contribution in [0.15, 0.2) is 65.1 Å². The van der Waals surface area contributed by atoms with E-state index in [0.29, 0.717) is 40.8 Å². The molecular formula is C30H30ClN5O3. The molecule has 0 spiro atoms. The fourth-order valence-electron chi connectivity index (χ4n) is 5.66. The number of ether oxygens (including phenoxy) is 2. The second-order valence-electron chi connectivity index (χ2n) is 10.6. The number of halogens is 1. The van der Waals surface area contributed by atoms with E-state index in [0.717, 1.165) is 28.1 Å². The highest BCUT2D eigenvalue weighted by atomic mass is 35.5. The number of hydrogen-bond donors (Lipinski definition) is 2. The van der Waals surface area contributed by atoms with Gasteiger partial charge in [-0.1, -0.05) is 43.6 Å². The topological polar surface area (TPSA) is 117 Å². The Morgan fingerprint density at radius 2 is 1.82 bits per heavy atom. The van der Waals surface area contributed by atoms with Crippen molar-refractivity contribution in [1.29, 1.82) is 5.26 Å². The maximum absolute atomic E-state index is 13.9. The van der Waals surface area contributed by atoms with Crippen LogP contribution in [0, 0.1) is 23.7 Å². The van der Waals surface area contributed by atoms with E-state index in [-0.39, 0.29) is 22.6 Å². The second kappa shape index (κ2) is 9.83. The molecule has 2 heterocycles. The summed E-state index contributed by atoms with van der Waals surface area (Å²) in [5, 5.41) is 18.8. The number of aromatic nitrogens is 2. The van der Waals surface area contributed by atoms with Gasteiger partial charge in [-0.15, -0.1) is 0 Å². The number of aryl methyl sites for hydroxylation is 1. The van der Waals surface area contributed by atoms with Crippen LogP contribution in [0.5, 0.6) is 11.5 Å². The van der Waals surface area contributed by atoms with Crippen molar-refractivity contribution < 1.29 is 14.3 Å². The number of carbonyl (C=O) groups excluding carboxylic acids is 1. The molecule has 3 N–H and O–H groups in total. The summed E-state index contributed by atoms with van der Waals surface area (Å²) in [4.78, 5) is 15.7. The van der Waals surface area contributed by atoms with E-state index in [1.807, 2.05) is 37.3 Å². The van der Waals surface area contributed by atoms with Crippen molar-refractivity contribution in [3.8, 4) is 28.7 Å². The Morgan fingerprint density at radius 3 is 2.46 bits per heavy atom. The smallest absolute Gasteiger partial charge is 0.168 e. The van der Waals surface area contributed by atoms with Gasteiger partial charge in [0.25, 0.3) is 0 Å².